The van der Waals surface area contributed by atoms with E-state index in [9.17, 15) is 0 Å². The zero-order valence-corrected chi connectivity index (χ0v) is 9.66. The fraction of sp³-hybridized carbons (Fsp3) is 0.818. The topological polar surface area (TPSA) is 64.9 Å². The van der Waals surface area contributed by atoms with E-state index in [1.54, 1.807) is 0 Å². The molecule has 1 aliphatic carbocycles. The third-order valence-corrected chi connectivity index (χ3v) is 3.83. The average Bonchev–Trinajstić information content (AvgIpc) is 2.66. The van der Waals surface area contributed by atoms with Crippen molar-refractivity contribution in [2.24, 2.45) is 17.1 Å². The van der Waals surface area contributed by atoms with E-state index in [1.165, 1.54) is 6.42 Å². The second-order valence-electron chi connectivity index (χ2n) is 5.14. The first-order valence-electron chi connectivity index (χ1n) is 5.55. The summed E-state index contributed by atoms with van der Waals surface area (Å²) in [5.74, 6) is 2.04. The van der Waals surface area contributed by atoms with Crippen molar-refractivity contribution in [2.75, 3.05) is 0 Å². The van der Waals surface area contributed by atoms with E-state index in [0.717, 1.165) is 18.7 Å². The van der Waals surface area contributed by atoms with Gasteiger partial charge in [0.15, 0.2) is 5.82 Å². The molecule has 84 valence electrons. The molecule has 1 aromatic rings. The highest BCUT2D eigenvalue weighted by molar-refractivity contribution is 4.99. The van der Waals surface area contributed by atoms with Crippen molar-refractivity contribution >= 4 is 0 Å². The Morgan fingerprint density at radius 1 is 1.47 bits per heavy atom. The Morgan fingerprint density at radius 2 is 2.20 bits per heavy atom. The zero-order valence-electron chi connectivity index (χ0n) is 9.66. The van der Waals surface area contributed by atoms with Gasteiger partial charge in [-0.15, -0.1) is 0 Å². The van der Waals surface area contributed by atoms with Gasteiger partial charge in [-0.25, -0.2) is 0 Å². The molecule has 2 N–H and O–H groups in total. The number of nitrogens with zero attached hydrogens (tertiary/aromatic N) is 2. The molecule has 0 aromatic carbocycles. The first-order valence-corrected chi connectivity index (χ1v) is 5.55. The Morgan fingerprint density at radius 3 is 2.67 bits per heavy atom. The summed E-state index contributed by atoms with van der Waals surface area (Å²) in [5, 5.41) is 3.94. The summed E-state index contributed by atoms with van der Waals surface area (Å²) < 4.78 is 4.98. The predicted octanol–water partition coefficient (Wildman–Crippen LogP) is 1.68. The molecule has 0 bridgehead atoms. The molecular formula is C11H19N3O. The second kappa shape index (κ2) is 3.59. The van der Waals surface area contributed by atoms with Crippen LogP contribution in [0.2, 0.25) is 0 Å². The normalized spacial score (nSPS) is 29.6. The van der Waals surface area contributed by atoms with Crippen LogP contribution in [0.5, 0.6) is 0 Å². The first kappa shape index (κ1) is 10.6. The molecule has 0 amide bonds. The lowest BCUT2D eigenvalue weighted by molar-refractivity contribution is 0.227. The third kappa shape index (κ3) is 1.91. The van der Waals surface area contributed by atoms with Gasteiger partial charge in [0, 0.05) is 19.4 Å². The molecule has 1 heterocycles. The van der Waals surface area contributed by atoms with Crippen molar-refractivity contribution in [3.05, 3.63) is 11.7 Å². The van der Waals surface area contributed by atoms with Gasteiger partial charge < -0.3 is 10.3 Å². The van der Waals surface area contributed by atoms with Gasteiger partial charge in [0.05, 0.1) is 0 Å². The summed E-state index contributed by atoms with van der Waals surface area (Å²) in [6, 6.07) is 0.301. The van der Waals surface area contributed by atoms with E-state index >= 15 is 0 Å². The van der Waals surface area contributed by atoms with E-state index in [4.69, 9.17) is 10.3 Å². The summed E-state index contributed by atoms with van der Waals surface area (Å²) in [7, 11) is 0. The summed E-state index contributed by atoms with van der Waals surface area (Å²) in [4.78, 5) is 4.25. The largest absolute Gasteiger partial charge is 0.340 e. The standard InChI is InChI=1S/C11H19N3O/c1-7-13-10(14-15-7)6-8-4-5-9(12)11(8,2)3/h8-9H,4-6,12H2,1-3H3/t8?,9-/m1/s1. The minimum absolute atomic E-state index is 0.189. The van der Waals surface area contributed by atoms with Crippen molar-refractivity contribution in [1.82, 2.24) is 10.1 Å². The lowest BCUT2D eigenvalue weighted by atomic mass is 9.77. The molecule has 4 nitrogen and oxygen atoms in total. The van der Waals surface area contributed by atoms with Crippen LogP contribution in [0.25, 0.3) is 0 Å². The predicted molar refractivity (Wildman–Crippen MR) is 57.2 cm³/mol. The lowest BCUT2D eigenvalue weighted by Crippen LogP contribution is -2.36. The molecule has 0 spiro atoms. The number of aromatic nitrogens is 2. The van der Waals surface area contributed by atoms with Crippen molar-refractivity contribution in [2.45, 2.75) is 46.1 Å². The van der Waals surface area contributed by atoms with Crippen molar-refractivity contribution in [1.29, 1.82) is 0 Å². The number of nitrogens with two attached hydrogens (primary N) is 1. The summed E-state index contributed by atoms with van der Waals surface area (Å²) in [6.45, 7) is 6.30. The van der Waals surface area contributed by atoms with E-state index < -0.39 is 0 Å². The number of rotatable bonds is 2. The zero-order chi connectivity index (χ0) is 11.1. The minimum Gasteiger partial charge on any atom is -0.340 e. The van der Waals surface area contributed by atoms with Crippen molar-refractivity contribution in [3.8, 4) is 0 Å². The molecule has 0 radical (unpaired) electrons. The van der Waals surface area contributed by atoms with Gasteiger partial charge >= 0.3 is 0 Å². The van der Waals surface area contributed by atoms with Crippen LogP contribution in [-0.4, -0.2) is 16.2 Å². The average molecular weight is 209 g/mol. The van der Waals surface area contributed by atoms with Gasteiger partial charge in [0.1, 0.15) is 0 Å². The van der Waals surface area contributed by atoms with Crippen LogP contribution in [0.15, 0.2) is 4.52 Å². The maximum atomic E-state index is 6.10. The van der Waals surface area contributed by atoms with Crippen LogP contribution in [0.4, 0.5) is 0 Å². The highest BCUT2D eigenvalue weighted by Crippen LogP contribution is 2.43. The summed E-state index contributed by atoms with van der Waals surface area (Å²) in [6.07, 6.45) is 3.16. The van der Waals surface area contributed by atoms with Gasteiger partial charge in [-0.1, -0.05) is 19.0 Å². The van der Waals surface area contributed by atoms with Gasteiger partial charge in [-0.05, 0) is 24.2 Å². The quantitative estimate of drug-likeness (QED) is 0.805. The molecule has 0 saturated heterocycles. The maximum absolute atomic E-state index is 6.10. The molecular weight excluding hydrogens is 190 g/mol. The van der Waals surface area contributed by atoms with E-state index in [2.05, 4.69) is 24.0 Å². The van der Waals surface area contributed by atoms with E-state index in [1.807, 2.05) is 6.92 Å². The number of aryl methyl sites for hydroxylation is 1. The highest BCUT2D eigenvalue weighted by atomic mass is 16.5. The maximum Gasteiger partial charge on any atom is 0.223 e. The van der Waals surface area contributed by atoms with E-state index in [0.29, 0.717) is 17.9 Å². The first-order chi connectivity index (χ1) is 7.00. The Bertz CT molecular complexity index is 345. The smallest absolute Gasteiger partial charge is 0.223 e. The molecule has 1 aliphatic rings. The highest BCUT2D eigenvalue weighted by Gasteiger charge is 2.41. The van der Waals surface area contributed by atoms with Gasteiger partial charge in [0.25, 0.3) is 0 Å². The molecule has 4 heteroatoms. The molecule has 15 heavy (non-hydrogen) atoms. The van der Waals surface area contributed by atoms with Crippen LogP contribution < -0.4 is 5.73 Å². The molecule has 1 aromatic heterocycles. The number of hydrogen-bond acceptors (Lipinski definition) is 4. The second-order valence-corrected chi connectivity index (χ2v) is 5.14. The molecule has 1 saturated carbocycles. The summed E-state index contributed by atoms with van der Waals surface area (Å²) >= 11 is 0. The van der Waals surface area contributed by atoms with Crippen LogP contribution >= 0.6 is 0 Å². The van der Waals surface area contributed by atoms with Crippen molar-refractivity contribution in [3.63, 3.8) is 0 Å². The minimum atomic E-state index is 0.189. The van der Waals surface area contributed by atoms with Gasteiger partial charge in [0.2, 0.25) is 5.89 Å². The Hall–Kier alpha value is -0.900. The monoisotopic (exact) mass is 209 g/mol. The fourth-order valence-corrected chi connectivity index (χ4v) is 2.44. The van der Waals surface area contributed by atoms with Gasteiger partial charge in [-0.2, -0.15) is 4.98 Å². The molecule has 1 fully saturated rings. The number of hydrogen-bond donors (Lipinski definition) is 1. The third-order valence-electron chi connectivity index (χ3n) is 3.83. The molecule has 1 unspecified atom stereocenters. The SMILES string of the molecule is Cc1nc(CC2CC[C@@H](N)C2(C)C)no1. The molecule has 2 rings (SSSR count). The Balaban J connectivity index is 2.07. The van der Waals surface area contributed by atoms with Gasteiger partial charge in [-0.3, -0.25) is 0 Å². The van der Waals surface area contributed by atoms with Crippen LogP contribution in [0.3, 0.4) is 0 Å². The van der Waals surface area contributed by atoms with Crippen LogP contribution in [0.1, 0.15) is 38.4 Å². The Labute approximate surface area is 90.2 Å². The molecule has 2 atom stereocenters. The van der Waals surface area contributed by atoms with Crippen LogP contribution in [-0.2, 0) is 6.42 Å². The Kier molecular flexibility index (Phi) is 2.54. The molecule has 0 aliphatic heterocycles. The van der Waals surface area contributed by atoms with E-state index in [-0.39, 0.29) is 5.41 Å². The lowest BCUT2D eigenvalue weighted by Gasteiger charge is -2.30. The fourth-order valence-electron chi connectivity index (χ4n) is 2.44. The van der Waals surface area contributed by atoms with Crippen molar-refractivity contribution < 1.29 is 4.52 Å². The van der Waals surface area contributed by atoms with Crippen LogP contribution in [0, 0.1) is 18.3 Å². The summed E-state index contributed by atoms with van der Waals surface area (Å²) in [5.41, 5.74) is 6.29.